The van der Waals surface area contributed by atoms with Gasteiger partial charge in [-0.25, -0.2) is 9.97 Å². The molecule has 0 saturated carbocycles. The molecule has 9 nitrogen and oxygen atoms in total. The molecule has 2 aromatic rings. The summed E-state index contributed by atoms with van der Waals surface area (Å²) < 4.78 is 11.3. The van der Waals surface area contributed by atoms with Crippen LogP contribution >= 0.6 is 22.6 Å². The zero-order valence-electron chi connectivity index (χ0n) is 14.5. The number of benzene rings is 1. The number of hydrogen-bond donors (Lipinski definition) is 1. The summed E-state index contributed by atoms with van der Waals surface area (Å²) in [5, 5.41) is 14.7. The van der Waals surface area contributed by atoms with Crippen LogP contribution in [0.3, 0.4) is 0 Å². The molecule has 0 radical (unpaired) electrons. The molecule has 2 rings (SSSR count). The molecule has 0 amide bonds. The SMILES string of the molecule is COCCN(CCOC)c1ncnc(Nc2ccc(I)cc2)c1[N+](=O)[O-]. The Morgan fingerprint density at radius 1 is 1.15 bits per heavy atom. The van der Waals surface area contributed by atoms with Crippen molar-refractivity contribution < 1.29 is 14.4 Å². The topological polar surface area (TPSA) is 103 Å². The number of nitro groups is 1. The Morgan fingerprint density at radius 2 is 1.77 bits per heavy atom. The van der Waals surface area contributed by atoms with Crippen LogP contribution in [0.2, 0.25) is 0 Å². The Kier molecular flexibility index (Phi) is 7.94. The molecule has 0 atom stereocenters. The van der Waals surface area contributed by atoms with E-state index < -0.39 is 4.92 Å². The summed E-state index contributed by atoms with van der Waals surface area (Å²) in [5.74, 6) is 0.369. The number of hydrogen-bond acceptors (Lipinski definition) is 8. The Morgan fingerprint density at radius 3 is 2.31 bits per heavy atom. The Balaban J connectivity index is 2.38. The summed E-state index contributed by atoms with van der Waals surface area (Å²) in [6.07, 6.45) is 1.31. The molecule has 1 aromatic carbocycles. The van der Waals surface area contributed by atoms with E-state index in [1.54, 1.807) is 19.1 Å². The molecule has 0 aliphatic heterocycles. The Bertz CT molecular complexity index is 721. The van der Waals surface area contributed by atoms with Crippen molar-refractivity contribution in [1.82, 2.24) is 9.97 Å². The molecular weight excluding hydrogens is 453 g/mol. The minimum absolute atomic E-state index is 0.140. The molecule has 10 heteroatoms. The van der Waals surface area contributed by atoms with E-state index in [2.05, 4.69) is 37.9 Å². The van der Waals surface area contributed by atoms with E-state index in [1.807, 2.05) is 24.3 Å². The van der Waals surface area contributed by atoms with Gasteiger partial charge in [-0.05, 0) is 46.9 Å². The number of nitrogens with zero attached hydrogens (tertiary/aromatic N) is 4. The summed E-state index contributed by atoms with van der Waals surface area (Å²) in [6.45, 7) is 1.71. The smallest absolute Gasteiger partial charge is 0.353 e. The molecule has 1 heterocycles. The summed E-state index contributed by atoms with van der Waals surface area (Å²) in [6, 6.07) is 7.47. The number of ether oxygens (including phenoxy) is 2. The van der Waals surface area contributed by atoms with Crippen molar-refractivity contribution in [1.29, 1.82) is 0 Å². The van der Waals surface area contributed by atoms with E-state index in [-0.39, 0.29) is 17.3 Å². The second kappa shape index (κ2) is 10.2. The normalized spacial score (nSPS) is 10.6. The quantitative estimate of drug-likeness (QED) is 0.319. The highest BCUT2D eigenvalue weighted by molar-refractivity contribution is 14.1. The Hall–Kier alpha value is -2.05. The van der Waals surface area contributed by atoms with E-state index in [0.29, 0.717) is 32.0 Å². The fourth-order valence-electron chi connectivity index (χ4n) is 2.26. The minimum Gasteiger partial charge on any atom is -0.383 e. The van der Waals surface area contributed by atoms with Gasteiger partial charge in [0, 0.05) is 36.6 Å². The molecule has 0 fully saturated rings. The first-order valence-corrected chi connectivity index (χ1v) is 8.89. The van der Waals surface area contributed by atoms with E-state index in [9.17, 15) is 10.1 Å². The van der Waals surface area contributed by atoms with Crippen LogP contribution in [0.5, 0.6) is 0 Å². The lowest BCUT2D eigenvalue weighted by Crippen LogP contribution is -2.32. The maximum Gasteiger partial charge on any atom is 0.353 e. The van der Waals surface area contributed by atoms with Crippen molar-refractivity contribution in [2.24, 2.45) is 0 Å². The zero-order valence-corrected chi connectivity index (χ0v) is 16.7. The van der Waals surface area contributed by atoms with Crippen molar-refractivity contribution in [3.63, 3.8) is 0 Å². The summed E-state index contributed by atoms with van der Waals surface area (Å²) in [4.78, 5) is 21.2. The van der Waals surface area contributed by atoms with Crippen LogP contribution in [0.15, 0.2) is 30.6 Å². The molecule has 140 valence electrons. The maximum atomic E-state index is 11.7. The first-order valence-electron chi connectivity index (χ1n) is 7.81. The van der Waals surface area contributed by atoms with Gasteiger partial charge in [-0.15, -0.1) is 0 Å². The first kappa shape index (κ1) is 20.3. The molecule has 26 heavy (non-hydrogen) atoms. The predicted molar refractivity (Wildman–Crippen MR) is 107 cm³/mol. The number of aromatic nitrogens is 2. The van der Waals surface area contributed by atoms with E-state index in [0.717, 1.165) is 3.57 Å². The van der Waals surface area contributed by atoms with Crippen molar-refractivity contribution in [3.8, 4) is 0 Å². The van der Waals surface area contributed by atoms with Crippen LogP contribution in [-0.2, 0) is 9.47 Å². The van der Waals surface area contributed by atoms with Gasteiger partial charge in [0.25, 0.3) is 0 Å². The largest absolute Gasteiger partial charge is 0.383 e. The molecule has 0 aliphatic carbocycles. The molecule has 1 N–H and O–H groups in total. The van der Waals surface area contributed by atoms with E-state index >= 15 is 0 Å². The summed E-state index contributed by atoms with van der Waals surface area (Å²) in [7, 11) is 3.15. The molecule has 0 spiro atoms. The maximum absolute atomic E-state index is 11.7. The summed E-state index contributed by atoms with van der Waals surface area (Å²) in [5.41, 5.74) is 0.525. The Labute approximate surface area is 165 Å². The van der Waals surface area contributed by atoms with E-state index in [1.165, 1.54) is 6.33 Å². The van der Waals surface area contributed by atoms with Crippen LogP contribution in [0.25, 0.3) is 0 Å². The third-order valence-corrected chi connectivity index (χ3v) is 4.24. The lowest BCUT2D eigenvalue weighted by Gasteiger charge is -2.23. The van der Waals surface area contributed by atoms with E-state index in [4.69, 9.17) is 9.47 Å². The third kappa shape index (κ3) is 5.47. The lowest BCUT2D eigenvalue weighted by atomic mass is 10.3. The molecular formula is C16H20IN5O4. The molecule has 0 bridgehead atoms. The standard InChI is InChI=1S/C16H20IN5O4/c1-25-9-7-21(8-10-26-2)16-14(22(23)24)15(18-11-19-16)20-13-5-3-12(17)4-6-13/h3-6,11H,7-10H2,1-2H3,(H,18,19,20). The van der Waals surface area contributed by atoms with Gasteiger partial charge >= 0.3 is 5.69 Å². The molecule has 0 saturated heterocycles. The van der Waals surface area contributed by atoms with Gasteiger partial charge in [-0.3, -0.25) is 10.1 Å². The van der Waals surface area contributed by atoms with Crippen molar-refractivity contribution in [3.05, 3.63) is 44.3 Å². The van der Waals surface area contributed by atoms with Crippen LogP contribution in [0, 0.1) is 13.7 Å². The van der Waals surface area contributed by atoms with Gasteiger partial charge in [-0.2, -0.15) is 0 Å². The highest BCUT2D eigenvalue weighted by Gasteiger charge is 2.27. The lowest BCUT2D eigenvalue weighted by molar-refractivity contribution is -0.383. The predicted octanol–water partition coefficient (Wildman–Crippen LogP) is 2.83. The van der Waals surface area contributed by atoms with Gasteiger partial charge in [0.05, 0.1) is 18.1 Å². The summed E-state index contributed by atoms with van der Waals surface area (Å²) >= 11 is 2.19. The monoisotopic (exact) mass is 473 g/mol. The number of nitrogens with one attached hydrogen (secondary N) is 1. The molecule has 1 aromatic heterocycles. The van der Waals surface area contributed by atoms with Crippen LogP contribution in [0.4, 0.5) is 23.0 Å². The highest BCUT2D eigenvalue weighted by atomic mass is 127. The zero-order chi connectivity index (χ0) is 18.9. The third-order valence-electron chi connectivity index (χ3n) is 3.52. The van der Waals surface area contributed by atoms with Crippen molar-refractivity contribution in [2.75, 3.05) is 50.7 Å². The van der Waals surface area contributed by atoms with Gasteiger partial charge in [0.1, 0.15) is 6.33 Å². The average Bonchev–Trinajstić information content (AvgIpc) is 2.63. The van der Waals surface area contributed by atoms with Crippen molar-refractivity contribution >= 4 is 45.6 Å². The van der Waals surface area contributed by atoms with Crippen LogP contribution < -0.4 is 10.2 Å². The second-order valence-corrected chi connectivity index (χ2v) is 6.50. The van der Waals surface area contributed by atoms with Crippen LogP contribution in [0.1, 0.15) is 0 Å². The number of rotatable bonds is 10. The number of halogens is 1. The number of methoxy groups -OCH3 is 2. The fraction of sp³-hybridized carbons (Fsp3) is 0.375. The van der Waals surface area contributed by atoms with Gasteiger partial charge < -0.3 is 19.7 Å². The molecule has 0 unspecified atom stereocenters. The van der Waals surface area contributed by atoms with Gasteiger partial charge in [-0.1, -0.05) is 0 Å². The van der Waals surface area contributed by atoms with Crippen molar-refractivity contribution in [2.45, 2.75) is 0 Å². The highest BCUT2D eigenvalue weighted by Crippen LogP contribution is 2.33. The van der Waals surface area contributed by atoms with Crippen LogP contribution in [-0.4, -0.2) is 55.4 Å². The fourth-order valence-corrected chi connectivity index (χ4v) is 2.62. The first-order chi connectivity index (χ1) is 12.6. The average molecular weight is 473 g/mol. The minimum atomic E-state index is -0.475. The molecule has 0 aliphatic rings. The second-order valence-electron chi connectivity index (χ2n) is 5.26. The van der Waals surface area contributed by atoms with Gasteiger partial charge in [0.15, 0.2) is 0 Å². The van der Waals surface area contributed by atoms with Gasteiger partial charge in [0.2, 0.25) is 11.6 Å². The number of anilines is 3.